The Morgan fingerprint density at radius 2 is 1.71 bits per heavy atom. The molecule has 0 unspecified atom stereocenters. The number of carbonyl (C=O) groups is 2. The van der Waals surface area contributed by atoms with Crippen molar-refractivity contribution in [2.75, 3.05) is 24.5 Å². The normalized spacial score (nSPS) is 24.6. The maximum Gasteiger partial charge on any atom is 0.252 e. The van der Waals surface area contributed by atoms with Crippen LogP contribution in [0.25, 0.3) is 0 Å². The fraction of sp³-hybridized carbons (Fsp3) is 0.500. The zero-order chi connectivity index (χ0) is 23.9. The van der Waals surface area contributed by atoms with E-state index in [4.69, 9.17) is 0 Å². The Morgan fingerprint density at radius 1 is 1.00 bits per heavy atom. The average Bonchev–Trinajstić information content (AvgIpc) is 2.82. The number of rotatable bonds is 5. The average molecular weight is 473 g/mol. The molecule has 1 spiro atoms. The number of hydrogen-bond acceptors (Lipinski definition) is 5. The lowest BCUT2D eigenvalue weighted by Crippen LogP contribution is -2.81. The summed E-state index contributed by atoms with van der Waals surface area (Å²) in [6, 6.07) is 7.48. The quantitative estimate of drug-likeness (QED) is 0.668. The molecule has 3 fully saturated rings. The van der Waals surface area contributed by atoms with Crippen molar-refractivity contribution in [1.29, 1.82) is 0 Å². The lowest BCUT2D eigenvalue weighted by Gasteiger charge is -2.59. The molecule has 3 heterocycles. The molecule has 180 valence electrons. The number of nitrogens with zero attached hydrogens (tertiary/aromatic N) is 5. The summed E-state index contributed by atoms with van der Waals surface area (Å²) in [5.41, 5.74) is 0.473. The van der Waals surface area contributed by atoms with Gasteiger partial charge in [0.1, 0.15) is 12.4 Å². The predicted molar refractivity (Wildman–Crippen MR) is 117 cm³/mol. The highest BCUT2D eigenvalue weighted by atomic mass is 19.3. The van der Waals surface area contributed by atoms with Gasteiger partial charge in [0.25, 0.3) is 5.91 Å². The summed E-state index contributed by atoms with van der Waals surface area (Å²) in [5, 5.41) is 7.68. The second-order valence-electron chi connectivity index (χ2n) is 9.43. The van der Waals surface area contributed by atoms with Gasteiger partial charge in [-0.25, -0.2) is 13.2 Å². The Hall–Kier alpha value is -3.17. The third-order valence-electron chi connectivity index (χ3n) is 7.41. The summed E-state index contributed by atoms with van der Waals surface area (Å²) < 4.78 is 39.6. The van der Waals surface area contributed by atoms with Gasteiger partial charge in [0, 0.05) is 18.5 Å². The fourth-order valence-corrected chi connectivity index (χ4v) is 5.44. The van der Waals surface area contributed by atoms with Crippen LogP contribution < -0.4 is 4.90 Å². The molecule has 3 aliphatic rings. The van der Waals surface area contributed by atoms with Crippen LogP contribution >= 0.6 is 0 Å². The first kappa shape index (κ1) is 22.6. The van der Waals surface area contributed by atoms with E-state index in [0.29, 0.717) is 38.8 Å². The predicted octanol–water partition coefficient (Wildman–Crippen LogP) is 2.87. The van der Waals surface area contributed by atoms with E-state index >= 15 is 0 Å². The second kappa shape index (κ2) is 8.88. The van der Waals surface area contributed by atoms with Gasteiger partial charge in [-0.3, -0.25) is 9.59 Å². The minimum atomic E-state index is -2.36. The van der Waals surface area contributed by atoms with Crippen molar-refractivity contribution in [1.82, 2.24) is 20.0 Å². The number of amides is 2. The summed E-state index contributed by atoms with van der Waals surface area (Å²) in [4.78, 5) is 32.5. The Kier molecular flexibility index (Phi) is 5.91. The molecular formula is C24H26F3N5O2. The van der Waals surface area contributed by atoms with Crippen LogP contribution in [-0.2, 0) is 16.1 Å². The largest absolute Gasteiger partial charge is 0.364 e. The molecule has 1 aromatic heterocycles. The van der Waals surface area contributed by atoms with Crippen molar-refractivity contribution in [3.8, 4) is 0 Å². The smallest absolute Gasteiger partial charge is 0.252 e. The molecule has 0 radical (unpaired) electrons. The molecule has 7 nitrogen and oxygen atoms in total. The van der Waals surface area contributed by atoms with Gasteiger partial charge in [0.2, 0.25) is 12.3 Å². The van der Waals surface area contributed by atoms with E-state index < -0.39 is 17.9 Å². The molecule has 34 heavy (non-hydrogen) atoms. The van der Waals surface area contributed by atoms with Crippen molar-refractivity contribution in [2.24, 2.45) is 5.92 Å². The molecule has 1 aromatic carbocycles. The van der Waals surface area contributed by atoms with E-state index in [1.807, 2.05) is 4.90 Å². The number of benzene rings is 1. The highest BCUT2D eigenvalue weighted by molar-refractivity contribution is 6.00. The van der Waals surface area contributed by atoms with E-state index in [0.717, 1.165) is 11.3 Å². The van der Waals surface area contributed by atoms with Gasteiger partial charge >= 0.3 is 0 Å². The standard InChI is InChI=1S/C24H26F3N5O2/c25-18-5-1-16(2-6-18)12-32-21(33)13-31(19-7-3-17(4-8-19)22(26)27)23(34)24(32)14-30(15-24)20-9-10-28-29-11-20/h1-2,5-6,9-11,17,19,22H,3-4,7-8,12-15H2/t17-,19-. The second-order valence-corrected chi connectivity index (χ2v) is 9.43. The number of aromatic nitrogens is 2. The summed E-state index contributed by atoms with van der Waals surface area (Å²) in [7, 11) is 0. The lowest BCUT2D eigenvalue weighted by molar-refractivity contribution is -0.171. The van der Waals surface area contributed by atoms with Crippen LogP contribution in [0.15, 0.2) is 42.7 Å². The van der Waals surface area contributed by atoms with Crippen LogP contribution in [0.2, 0.25) is 0 Å². The van der Waals surface area contributed by atoms with Crippen molar-refractivity contribution in [2.45, 2.75) is 50.2 Å². The van der Waals surface area contributed by atoms with Gasteiger partial charge < -0.3 is 14.7 Å². The molecular weight excluding hydrogens is 447 g/mol. The first-order valence-corrected chi connectivity index (χ1v) is 11.5. The summed E-state index contributed by atoms with van der Waals surface area (Å²) in [6.07, 6.45) is 2.46. The third-order valence-corrected chi connectivity index (χ3v) is 7.41. The lowest BCUT2D eigenvalue weighted by atomic mass is 9.80. The Labute approximate surface area is 195 Å². The number of carbonyl (C=O) groups excluding carboxylic acids is 2. The maximum absolute atomic E-state index is 13.9. The van der Waals surface area contributed by atoms with Gasteiger partial charge in [-0.2, -0.15) is 10.2 Å². The fourth-order valence-electron chi connectivity index (χ4n) is 5.44. The Bertz CT molecular complexity index is 1040. The van der Waals surface area contributed by atoms with Crippen molar-refractivity contribution in [3.05, 3.63) is 54.1 Å². The van der Waals surface area contributed by atoms with Gasteiger partial charge in [-0.1, -0.05) is 12.1 Å². The van der Waals surface area contributed by atoms with Gasteiger partial charge in [-0.05, 0) is 49.4 Å². The number of piperazine rings is 1. The van der Waals surface area contributed by atoms with Crippen LogP contribution in [0.5, 0.6) is 0 Å². The number of hydrogen-bond donors (Lipinski definition) is 0. The monoisotopic (exact) mass is 473 g/mol. The van der Waals surface area contributed by atoms with E-state index in [2.05, 4.69) is 10.2 Å². The highest BCUT2D eigenvalue weighted by Gasteiger charge is 2.60. The molecule has 2 amide bonds. The number of anilines is 1. The molecule has 2 saturated heterocycles. The molecule has 2 aliphatic heterocycles. The molecule has 0 atom stereocenters. The molecule has 10 heteroatoms. The first-order valence-electron chi connectivity index (χ1n) is 11.5. The summed E-state index contributed by atoms with van der Waals surface area (Å²) in [5.74, 6) is -1.35. The van der Waals surface area contributed by atoms with Crippen LogP contribution in [0.3, 0.4) is 0 Å². The van der Waals surface area contributed by atoms with Gasteiger partial charge in [-0.15, -0.1) is 0 Å². The van der Waals surface area contributed by atoms with E-state index in [9.17, 15) is 22.8 Å². The molecule has 1 aliphatic carbocycles. The molecule has 1 saturated carbocycles. The first-order chi connectivity index (χ1) is 16.4. The molecule has 0 bridgehead atoms. The SMILES string of the molecule is O=C1CN([C@H]2CC[C@H](C(F)F)CC2)C(=O)C2(CN(c3ccnnc3)C2)N1Cc1ccc(F)cc1. The van der Waals surface area contributed by atoms with Gasteiger partial charge in [0.15, 0.2) is 5.54 Å². The van der Waals surface area contributed by atoms with Crippen molar-refractivity contribution >= 4 is 17.5 Å². The van der Waals surface area contributed by atoms with Crippen molar-refractivity contribution < 1.29 is 22.8 Å². The number of halogens is 3. The minimum absolute atomic E-state index is 0.0669. The molecule has 0 N–H and O–H groups in total. The van der Waals surface area contributed by atoms with Crippen LogP contribution in [-0.4, -0.2) is 69.5 Å². The van der Waals surface area contributed by atoms with E-state index in [-0.39, 0.29) is 36.8 Å². The minimum Gasteiger partial charge on any atom is -0.364 e. The molecule has 2 aromatic rings. The topological polar surface area (TPSA) is 69.6 Å². The van der Waals surface area contributed by atoms with Crippen LogP contribution in [0, 0.1) is 11.7 Å². The van der Waals surface area contributed by atoms with Crippen LogP contribution in [0.4, 0.5) is 18.9 Å². The highest BCUT2D eigenvalue weighted by Crippen LogP contribution is 2.40. The molecule has 5 rings (SSSR count). The third kappa shape index (κ3) is 3.99. The van der Waals surface area contributed by atoms with E-state index in [1.165, 1.54) is 12.1 Å². The van der Waals surface area contributed by atoms with E-state index in [1.54, 1.807) is 40.4 Å². The zero-order valence-corrected chi connectivity index (χ0v) is 18.6. The van der Waals surface area contributed by atoms with Crippen molar-refractivity contribution in [3.63, 3.8) is 0 Å². The summed E-state index contributed by atoms with van der Waals surface area (Å²) >= 11 is 0. The Morgan fingerprint density at radius 3 is 2.32 bits per heavy atom. The summed E-state index contributed by atoms with van der Waals surface area (Å²) in [6.45, 7) is 0.725. The zero-order valence-electron chi connectivity index (χ0n) is 18.6. The van der Waals surface area contributed by atoms with Gasteiger partial charge in [0.05, 0.1) is 31.2 Å². The number of alkyl halides is 2. The maximum atomic E-state index is 13.9. The Balaban J connectivity index is 1.40. The van der Waals surface area contributed by atoms with Crippen LogP contribution in [0.1, 0.15) is 31.2 Å².